The Morgan fingerprint density at radius 3 is 1.81 bits per heavy atom. The molecular weight excluding hydrogens is 435 g/mol. The minimum absolute atomic E-state index is 0.147. The van der Waals surface area contributed by atoms with E-state index in [9.17, 15) is 39.5 Å². The van der Waals surface area contributed by atoms with E-state index < -0.39 is 35.6 Å². The molecule has 0 bridgehead atoms. The van der Waals surface area contributed by atoms with E-state index >= 15 is 0 Å². The standard InChI is InChI=1S/C22H15F9/c1-14-5-3-7-16(11-14)9-10-18(17-8-4-6-15(2)12-17)13-19(23,24)20(25,26)21(27,28)22(29,30)31/h3-8,11-13H,1-2H3/b18-13-. The lowest BCUT2D eigenvalue weighted by Crippen LogP contribution is -2.60. The Hall–Kier alpha value is -2.89. The largest absolute Gasteiger partial charge is 0.460 e. The molecule has 0 amide bonds. The van der Waals surface area contributed by atoms with Gasteiger partial charge < -0.3 is 0 Å². The van der Waals surface area contributed by atoms with Crippen molar-refractivity contribution < 1.29 is 39.5 Å². The fraction of sp³-hybridized carbons (Fsp3) is 0.273. The molecule has 166 valence electrons. The van der Waals surface area contributed by atoms with Gasteiger partial charge >= 0.3 is 23.9 Å². The first-order valence-electron chi connectivity index (χ1n) is 8.67. The van der Waals surface area contributed by atoms with Crippen molar-refractivity contribution in [3.63, 3.8) is 0 Å². The van der Waals surface area contributed by atoms with E-state index in [0.717, 1.165) is 5.56 Å². The summed E-state index contributed by atoms with van der Waals surface area (Å²) in [6.07, 6.45) is -7.53. The van der Waals surface area contributed by atoms with Crippen LogP contribution >= 0.6 is 0 Å². The first-order chi connectivity index (χ1) is 14.1. The fourth-order valence-corrected chi connectivity index (χ4v) is 2.53. The van der Waals surface area contributed by atoms with E-state index in [4.69, 9.17) is 0 Å². The van der Waals surface area contributed by atoms with E-state index in [1.54, 1.807) is 38.1 Å². The molecule has 0 N–H and O–H groups in total. The molecule has 0 aliphatic heterocycles. The summed E-state index contributed by atoms with van der Waals surface area (Å²) >= 11 is 0. The van der Waals surface area contributed by atoms with E-state index in [1.807, 2.05) is 0 Å². The molecule has 0 saturated heterocycles. The van der Waals surface area contributed by atoms with Gasteiger partial charge in [0.15, 0.2) is 0 Å². The maximum absolute atomic E-state index is 14.2. The number of aryl methyl sites for hydroxylation is 2. The lowest BCUT2D eigenvalue weighted by atomic mass is 9.97. The summed E-state index contributed by atoms with van der Waals surface area (Å²) in [6, 6.07) is 11.7. The van der Waals surface area contributed by atoms with Gasteiger partial charge in [0.1, 0.15) is 0 Å². The van der Waals surface area contributed by atoms with Crippen LogP contribution in [0.4, 0.5) is 39.5 Å². The van der Waals surface area contributed by atoms with Gasteiger partial charge in [-0.05, 0) is 37.1 Å². The zero-order chi connectivity index (χ0) is 23.7. The SMILES string of the molecule is Cc1cccc(C#C/C(=C/C(F)(F)C(F)(F)C(F)(F)C(F)(F)F)c2cccc(C)c2)c1. The molecule has 0 aliphatic rings. The van der Waals surface area contributed by atoms with Gasteiger partial charge in [0.05, 0.1) is 0 Å². The maximum atomic E-state index is 14.2. The number of allylic oxidation sites excluding steroid dienone is 2. The van der Waals surface area contributed by atoms with Gasteiger partial charge in [-0.25, -0.2) is 0 Å². The van der Waals surface area contributed by atoms with Crippen molar-refractivity contribution in [2.75, 3.05) is 0 Å². The molecule has 0 unspecified atom stereocenters. The van der Waals surface area contributed by atoms with E-state index in [2.05, 4.69) is 11.8 Å². The van der Waals surface area contributed by atoms with Crippen LogP contribution in [-0.2, 0) is 0 Å². The van der Waals surface area contributed by atoms with Crippen LogP contribution in [0.3, 0.4) is 0 Å². The van der Waals surface area contributed by atoms with Crippen LogP contribution in [0.1, 0.15) is 22.3 Å². The van der Waals surface area contributed by atoms with Crippen LogP contribution in [0.5, 0.6) is 0 Å². The Morgan fingerprint density at radius 1 is 0.742 bits per heavy atom. The molecule has 9 heteroatoms. The summed E-state index contributed by atoms with van der Waals surface area (Å²) in [6.45, 7) is 3.25. The number of hydrogen-bond acceptors (Lipinski definition) is 0. The van der Waals surface area contributed by atoms with Crippen molar-refractivity contribution in [2.45, 2.75) is 37.8 Å². The molecule has 0 saturated carbocycles. The molecule has 2 aromatic carbocycles. The minimum atomic E-state index is -6.97. The lowest BCUT2D eigenvalue weighted by molar-refractivity contribution is -0.388. The lowest BCUT2D eigenvalue weighted by Gasteiger charge is -2.32. The van der Waals surface area contributed by atoms with Gasteiger partial charge in [-0.1, -0.05) is 53.8 Å². The normalized spacial score (nSPS) is 13.6. The van der Waals surface area contributed by atoms with E-state index in [1.165, 1.54) is 24.3 Å². The maximum Gasteiger partial charge on any atom is 0.460 e. The van der Waals surface area contributed by atoms with Crippen molar-refractivity contribution in [3.05, 3.63) is 76.9 Å². The Kier molecular flexibility index (Phi) is 6.55. The third-order valence-electron chi connectivity index (χ3n) is 4.18. The topological polar surface area (TPSA) is 0 Å². The van der Waals surface area contributed by atoms with Gasteiger partial charge in [-0.2, -0.15) is 39.5 Å². The number of rotatable bonds is 4. The average Bonchev–Trinajstić information content (AvgIpc) is 2.64. The third-order valence-corrected chi connectivity index (χ3v) is 4.18. The van der Waals surface area contributed by atoms with Crippen LogP contribution in [0.15, 0.2) is 54.6 Å². The molecule has 0 aromatic heterocycles. The van der Waals surface area contributed by atoms with Crippen LogP contribution in [-0.4, -0.2) is 23.9 Å². The van der Waals surface area contributed by atoms with Crippen LogP contribution in [0.25, 0.3) is 5.57 Å². The second-order valence-corrected chi connectivity index (χ2v) is 6.82. The molecule has 0 atom stereocenters. The molecule has 0 heterocycles. The fourth-order valence-electron chi connectivity index (χ4n) is 2.53. The highest BCUT2D eigenvalue weighted by Crippen LogP contribution is 2.53. The Labute approximate surface area is 172 Å². The predicted octanol–water partition coefficient (Wildman–Crippen LogP) is 7.21. The summed E-state index contributed by atoms with van der Waals surface area (Å²) in [4.78, 5) is 0. The first-order valence-corrected chi connectivity index (χ1v) is 8.67. The predicted molar refractivity (Wildman–Crippen MR) is 98.1 cm³/mol. The Bertz CT molecular complexity index is 1030. The van der Waals surface area contributed by atoms with Gasteiger partial charge in [-0.3, -0.25) is 0 Å². The number of alkyl halides is 9. The minimum Gasteiger partial charge on any atom is -0.195 e. The molecule has 0 spiro atoms. The van der Waals surface area contributed by atoms with Crippen LogP contribution in [0, 0.1) is 25.7 Å². The monoisotopic (exact) mass is 450 g/mol. The Morgan fingerprint density at radius 2 is 1.29 bits per heavy atom. The second-order valence-electron chi connectivity index (χ2n) is 6.82. The van der Waals surface area contributed by atoms with Gasteiger partial charge in [0, 0.05) is 17.2 Å². The van der Waals surface area contributed by atoms with Crippen molar-refractivity contribution >= 4 is 5.57 Å². The quantitative estimate of drug-likeness (QED) is 0.341. The Balaban J connectivity index is 2.65. The van der Waals surface area contributed by atoms with E-state index in [-0.39, 0.29) is 5.56 Å². The van der Waals surface area contributed by atoms with Crippen molar-refractivity contribution in [3.8, 4) is 11.8 Å². The van der Waals surface area contributed by atoms with Crippen molar-refractivity contribution in [1.29, 1.82) is 0 Å². The molecular formula is C22H15F9. The number of benzene rings is 2. The smallest absolute Gasteiger partial charge is 0.195 e. The summed E-state index contributed by atoms with van der Waals surface area (Å²) in [7, 11) is 0. The third kappa shape index (κ3) is 5.06. The van der Waals surface area contributed by atoms with Crippen LogP contribution < -0.4 is 0 Å². The summed E-state index contributed by atoms with van der Waals surface area (Å²) < 4.78 is 119. The molecule has 31 heavy (non-hydrogen) atoms. The van der Waals surface area contributed by atoms with Crippen molar-refractivity contribution in [2.24, 2.45) is 0 Å². The van der Waals surface area contributed by atoms with Gasteiger partial charge in [0.2, 0.25) is 0 Å². The molecule has 0 aliphatic carbocycles. The molecule has 0 fully saturated rings. The molecule has 2 aromatic rings. The van der Waals surface area contributed by atoms with Gasteiger partial charge in [0.25, 0.3) is 0 Å². The summed E-state index contributed by atoms with van der Waals surface area (Å²) in [5.41, 5.74) is 0.569. The zero-order valence-electron chi connectivity index (χ0n) is 16.1. The molecule has 0 nitrogen and oxygen atoms in total. The van der Waals surface area contributed by atoms with Crippen molar-refractivity contribution in [1.82, 2.24) is 0 Å². The highest BCUT2D eigenvalue weighted by molar-refractivity contribution is 5.80. The van der Waals surface area contributed by atoms with Gasteiger partial charge in [-0.15, -0.1) is 0 Å². The second kappa shape index (κ2) is 8.33. The highest BCUT2D eigenvalue weighted by atomic mass is 19.4. The van der Waals surface area contributed by atoms with Crippen LogP contribution in [0.2, 0.25) is 0 Å². The summed E-state index contributed by atoms with van der Waals surface area (Å²) in [5, 5.41) is 0. The highest BCUT2D eigenvalue weighted by Gasteiger charge is 2.81. The average molecular weight is 450 g/mol. The number of hydrogen-bond donors (Lipinski definition) is 0. The first kappa shape index (κ1) is 24.4. The zero-order valence-corrected chi connectivity index (χ0v) is 16.1. The molecule has 0 radical (unpaired) electrons. The number of halogens is 9. The molecule has 2 rings (SSSR count). The summed E-state index contributed by atoms with van der Waals surface area (Å²) in [5.74, 6) is -15.0. The van der Waals surface area contributed by atoms with E-state index in [0.29, 0.717) is 11.1 Å².